The van der Waals surface area contributed by atoms with Crippen molar-refractivity contribution in [1.82, 2.24) is 0 Å². The van der Waals surface area contributed by atoms with Crippen molar-refractivity contribution in [2.45, 2.75) is 31.4 Å². The Morgan fingerprint density at radius 3 is 3.00 bits per heavy atom. The Morgan fingerprint density at radius 1 is 1.43 bits per heavy atom. The highest BCUT2D eigenvalue weighted by molar-refractivity contribution is 9.10. The van der Waals surface area contributed by atoms with Crippen LogP contribution in [0.15, 0.2) is 22.7 Å². The van der Waals surface area contributed by atoms with E-state index in [2.05, 4.69) is 22.0 Å². The van der Waals surface area contributed by atoms with Crippen LogP contribution in [0.1, 0.15) is 30.1 Å². The summed E-state index contributed by atoms with van der Waals surface area (Å²) in [4.78, 5) is 0. The van der Waals surface area contributed by atoms with Crippen LogP contribution in [0, 0.1) is 0 Å². The molecule has 1 aromatic carbocycles. The molecule has 0 aromatic heterocycles. The van der Waals surface area contributed by atoms with Crippen molar-refractivity contribution >= 4 is 15.9 Å². The highest BCUT2D eigenvalue weighted by Crippen LogP contribution is 2.29. The molecular weight excluding hydrogens is 242 g/mol. The van der Waals surface area contributed by atoms with Gasteiger partial charge in [-0.25, -0.2) is 0 Å². The molecule has 2 rings (SSSR count). The third kappa shape index (κ3) is 1.85. The number of hydrogen-bond acceptors (Lipinski definition) is 2. The highest BCUT2D eigenvalue weighted by atomic mass is 79.9. The van der Waals surface area contributed by atoms with Crippen molar-refractivity contribution < 1.29 is 5.11 Å². The van der Waals surface area contributed by atoms with E-state index in [1.54, 1.807) is 0 Å². The van der Waals surface area contributed by atoms with Gasteiger partial charge in [-0.05, 0) is 42.5 Å². The molecule has 1 aromatic rings. The molecule has 1 aliphatic carbocycles. The van der Waals surface area contributed by atoms with Gasteiger partial charge in [-0.15, -0.1) is 0 Å². The molecule has 2 nitrogen and oxygen atoms in total. The molecule has 76 valence electrons. The smallest absolute Gasteiger partial charge is 0.0943 e. The predicted octanol–water partition coefficient (Wildman–Crippen LogP) is 2.15. The van der Waals surface area contributed by atoms with Gasteiger partial charge in [0.25, 0.3) is 0 Å². The lowest BCUT2D eigenvalue weighted by atomic mass is 9.99. The average molecular weight is 256 g/mol. The summed E-state index contributed by atoms with van der Waals surface area (Å²) in [6, 6.07) is 5.94. The first-order valence-corrected chi connectivity index (χ1v) is 5.70. The molecule has 0 saturated heterocycles. The molecular formula is C11H14BrNO. The van der Waals surface area contributed by atoms with Crippen LogP contribution in [0.5, 0.6) is 0 Å². The number of benzene rings is 1. The van der Waals surface area contributed by atoms with E-state index in [4.69, 9.17) is 5.73 Å². The second kappa shape index (κ2) is 4.01. The number of aryl methyl sites for hydroxylation is 1. The molecule has 0 saturated carbocycles. The Hall–Kier alpha value is -0.380. The molecule has 0 bridgehead atoms. The van der Waals surface area contributed by atoms with E-state index in [-0.39, 0.29) is 6.04 Å². The van der Waals surface area contributed by atoms with Crippen LogP contribution in [0.2, 0.25) is 0 Å². The fraction of sp³-hybridized carbons (Fsp3) is 0.455. The predicted molar refractivity (Wildman–Crippen MR) is 60.0 cm³/mol. The molecule has 0 unspecified atom stereocenters. The second-order valence-electron chi connectivity index (χ2n) is 3.84. The lowest BCUT2D eigenvalue weighted by molar-refractivity contribution is 0.144. The minimum Gasteiger partial charge on any atom is -0.387 e. The lowest BCUT2D eigenvalue weighted by Gasteiger charge is -2.17. The van der Waals surface area contributed by atoms with E-state index < -0.39 is 6.10 Å². The Bertz CT molecular complexity index is 340. The molecule has 0 aliphatic heterocycles. The molecule has 0 radical (unpaired) electrons. The Kier molecular flexibility index (Phi) is 2.91. The maximum Gasteiger partial charge on any atom is 0.0943 e. The Morgan fingerprint density at radius 2 is 2.21 bits per heavy atom. The van der Waals surface area contributed by atoms with Gasteiger partial charge < -0.3 is 10.8 Å². The summed E-state index contributed by atoms with van der Waals surface area (Å²) in [5, 5.41) is 9.99. The summed E-state index contributed by atoms with van der Waals surface area (Å²) in [5.74, 6) is 0. The Labute approximate surface area is 92.3 Å². The zero-order chi connectivity index (χ0) is 10.1. The summed E-state index contributed by atoms with van der Waals surface area (Å²) in [6.07, 6.45) is 2.47. The largest absolute Gasteiger partial charge is 0.387 e. The molecule has 0 heterocycles. The number of nitrogens with two attached hydrogens (primary N) is 1. The summed E-state index contributed by atoms with van der Waals surface area (Å²) < 4.78 is 1.00. The highest BCUT2D eigenvalue weighted by Gasteiger charge is 2.22. The third-order valence-electron chi connectivity index (χ3n) is 2.82. The molecule has 3 heteroatoms. The van der Waals surface area contributed by atoms with E-state index in [0.717, 1.165) is 29.3 Å². The van der Waals surface area contributed by atoms with Crippen molar-refractivity contribution in [2.75, 3.05) is 0 Å². The van der Waals surface area contributed by atoms with Crippen LogP contribution in [0.4, 0.5) is 0 Å². The first-order valence-electron chi connectivity index (χ1n) is 4.90. The number of rotatable bonds is 0. The molecule has 3 N–H and O–H groups in total. The van der Waals surface area contributed by atoms with Crippen LogP contribution in [0.3, 0.4) is 0 Å². The third-order valence-corrected chi connectivity index (χ3v) is 3.31. The molecule has 14 heavy (non-hydrogen) atoms. The normalized spacial score (nSPS) is 26.8. The quantitative estimate of drug-likeness (QED) is 0.698. The zero-order valence-corrected chi connectivity index (χ0v) is 9.50. The molecule has 0 spiro atoms. The van der Waals surface area contributed by atoms with Gasteiger partial charge >= 0.3 is 0 Å². The first kappa shape index (κ1) is 10.1. The van der Waals surface area contributed by atoms with Crippen LogP contribution >= 0.6 is 15.9 Å². The van der Waals surface area contributed by atoms with Crippen LogP contribution in [-0.2, 0) is 6.42 Å². The Balaban J connectivity index is 2.44. The van der Waals surface area contributed by atoms with Crippen molar-refractivity contribution in [1.29, 1.82) is 0 Å². The first-order chi connectivity index (χ1) is 6.68. The van der Waals surface area contributed by atoms with Crippen molar-refractivity contribution in [3.8, 4) is 0 Å². The zero-order valence-electron chi connectivity index (χ0n) is 7.91. The van der Waals surface area contributed by atoms with Gasteiger partial charge in [0.05, 0.1) is 6.10 Å². The summed E-state index contributed by atoms with van der Waals surface area (Å²) in [5.41, 5.74) is 8.10. The molecule has 0 fully saturated rings. The van der Waals surface area contributed by atoms with Crippen molar-refractivity contribution in [3.05, 3.63) is 33.8 Å². The summed E-state index contributed by atoms with van der Waals surface area (Å²) in [6.45, 7) is 0. The van der Waals surface area contributed by atoms with E-state index in [0.29, 0.717) is 0 Å². The maximum absolute atomic E-state index is 9.99. The number of fused-ring (bicyclic) bond motifs is 1. The number of hydrogen-bond donors (Lipinski definition) is 2. The van der Waals surface area contributed by atoms with Gasteiger partial charge in [0.1, 0.15) is 0 Å². The fourth-order valence-corrected chi connectivity index (χ4v) is 2.36. The van der Waals surface area contributed by atoms with Crippen molar-refractivity contribution in [3.63, 3.8) is 0 Å². The lowest BCUT2D eigenvalue weighted by Crippen LogP contribution is -2.27. The van der Waals surface area contributed by atoms with Crippen LogP contribution in [-0.4, -0.2) is 11.1 Å². The van der Waals surface area contributed by atoms with Crippen LogP contribution < -0.4 is 5.73 Å². The SMILES string of the molecule is N[C@H]1CCCc2ccc(Br)cc2[C@@H]1O. The topological polar surface area (TPSA) is 46.2 Å². The van der Waals surface area contributed by atoms with Crippen LogP contribution in [0.25, 0.3) is 0 Å². The standard InChI is InChI=1S/C11H14BrNO/c12-8-5-4-7-2-1-3-10(13)11(14)9(7)6-8/h4-6,10-11,14H,1-3,13H2/t10-,11-/m0/s1. The number of halogens is 1. The number of aliphatic hydroxyl groups excluding tert-OH is 1. The summed E-state index contributed by atoms with van der Waals surface area (Å²) in [7, 11) is 0. The minimum atomic E-state index is -0.509. The molecule has 1 aliphatic rings. The average Bonchev–Trinajstić information content (AvgIpc) is 2.30. The molecule has 2 atom stereocenters. The van der Waals surface area contributed by atoms with E-state index >= 15 is 0 Å². The van der Waals surface area contributed by atoms with Gasteiger partial charge in [-0.1, -0.05) is 22.0 Å². The summed E-state index contributed by atoms with van der Waals surface area (Å²) >= 11 is 3.41. The van der Waals surface area contributed by atoms with Gasteiger partial charge in [-0.2, -0.15) is 0 Å². The second-order valence-corrected chi connectivity index (χ2v) is 4.76. The van der Waals surface area contributed by atoms with Gasteiger partial charge in [0.2, 0.25) is 0 Å². The number of aliphatic hydroxyl groups is 1. The van der Waals surface area contributed by atoms with E-state index in [9.17, 15) is 5.11 Å². The molecule has 0 amide bonds. The fourth-order valence-electron chi connectivity index (χ4n) is 1.99. The van der Waals surface area contributed by atoms with Gasteiger partial charge in [-0.3, -0.25) is 0 Å². The minimum absolute atomic E-state index is 0.120. The van der Waals surface area contributed by atoms with E-state index in [1.807, 2.05) is 12.1 Å². The van der Waals surface area contributed by atoms with Gasteiger partial charge in [0.15, 0.2) is 0 Å². The maximum atomic E-state index is 9.99. The van der Waals surface area contributed by atoms with E-state index in [1.165, 1.54) is 5.56 Å². The van der Waals surface area contributed by atoms with Gasteiger partial charge in [0, 0.05) is 10.5 Å². The van der Waals surface area contributed by atoms with Crippen molar-refractivity contribution in [2.24, 2.45) is 5.73 Å². The monoisotopic (exact) mass is 255 g/mol.